The molecule has 0 heterocycles. The number of halogens is 1. The molecule has 0 spiro atoms. The fraction of sp³-hybridized carbons (Fsp3) is 0.222. The number of hydrogen-bond donors (Lipinski definition) is 3. The van der Waals surface area contributed by atoms with Gasteiger partial charge in [-0.25, -0.2) is 4.39 Å². The van der Waals surface area contributed by atoms with Crippen molar-refractivity contribution >= 4 is 5.97 Å². The van der Waals surface area contributed by atoms with Crippen LogP contribution in [-0.2, 0) is 4.79 Å². The number of nitrogens with two attached hydrogens (primary N) is 1. The average molecular weight is 215 g/mol. The molecule has 0 saturated heterocycles. The van der Waals surface area contributed by atoms with Gasteiger partial charge in [-0.05, 0) is 0 Å². The number of aliphatic carboxylic acids is 1. The summed E-state index contributed by atoms with van der Waals surface area (Å²) in [5.74, 6) is -2.74. The molecule has 1 atom stereocenters. The fourth-order valence-electron chi connectivity index (χ4n) is 1.17. The number of methoxy groups -OCH3 is 1. The average Bonchev–Trinajstić information content (AvgIpc) is 2.15. The van der Waals surface area contributed by atoms with Crippen molar-refractivity contribution in [2.75, 3.05) is 7.11 Å². The normalized spacial score (nSPS) is 12.2. The summed E-state index contributed by atoms with van der Waals surface area (Å²) in [6.07, 6.45) is 0. The van der Waals surface area contributed by atoms with Crippen molar-refractivity contribution in [2.45, 2.75) is 6.04 Å². The molecule has 0 saturated carbocycles. The van der Waals surface area contributed by atoms with E-state index in [1.165, 1.54) is 7.11 Å². The highest BCUT2D eigenvalue weighted by molar-refractivity contribution is 5.76. The molecule has 0 bridgehead atoms. The van der Waals surface area contributed by atoms with Crippen LogP contribution < -0.4 is 10.5 Å². The van der Waals surface area contributed by atoms with Crippen LogP contribution in [0, 0.1) is 5.82 Å². The van der Waals surface area contributed by atoms with Gasteiger partial charge in [-0.1, -0.05) is 0 Å². The number of benzene rings is 1. The smallest absolute Gasteiger partial charge is 0.325 e. The molecule has 4 N–H and O–H groups in total. The number of carboxylic acid groups (broad SMARTS) is 1. The molecular weight excluding hydrogens is 205 g/mol. The highest BCUT2D eigenvalue weighted by Gasteiger charge is 2.23. The molecule has 6 heteroatoms. The molecule has 82 valence electrons. The van der Waals surface area contributed by atoms with Crippen LogP contribution in [-0.4, -0.2) is 23.3 Å². The summed E-state index contributed by atoms with van der Waals surface area (Å²) < 4.78 is 18.1. The van der Waals surface area contributed by atoms with Crippen molar-refractivity contribution in [3.63, 3.8) is 0 Å². The van der Waals surface area contributed by atoms with Gasteiger partial charge in [0.05, 0.1) is 12.7 Å². The van der Waals surface area contributed by atoms with Crippen LogP contribution in [0.5, 0.6) is 11.5 Å². The third-order valence-corrected chi connectivity index (χ3v) is 1.87. The summed E-state index contributed by atoms with van der Waals surface area (Å²) in [6.45, 7) is 0. The van der Waals surface area contributed by atoms with Crippen molar-refractivity contribution in [1.29, 1.82) is 0 Å². The molecule has 5 nitrogen and oxygen atoms in total. The Labute approximate surface area is 84.9 Å². The van der Waals surface area contributed by atoms with Crippen LogP contribution in [0.3, 0.4) is 0 Å². The standard InChI is InChI=1S/C9H10FNO4/c1-15-6-3-4(12)2-5(10)7(6)8(11)9(13)14/h2-3,8,12H,11H2,1H3,(H,13,14). The zero-order valence-electron chi connectivity index (χ0n) is 7.90. The zero-order chi connectivity index (χ0) is 11.6. The molecule has 0 radical (unpaired) electrons. The molecule has 1 rings (SSSR count). The quantitative estimate of drug-likeness (QED) is 0.687. The van der Waals surface area contributed by atoms with Crippen molar-refractivity contribution in [2.24, 2.45) is 5.73 Å². The Bertz CT molecular complexity index is 394. The SMILES string of the molecule is COc1cc(O)cc(F)c1C(N)C(=O)O. The second-order valence-corrected chi connectivity index (χ2v) is 2.86. The highest BCUT2D eigenvalue weighted by atomic mass is 19.1. The van der Waals surface area contributed by atoms with E-state index in [2.05, 4.69) is 0 Å². The van der Waals surface area contributed by atoms with E-state index >= 15 is 0 Å². The lowest BCUT2D eigenvalue weighted by molar-refractivity contribution is -0.138. The van der Waals surface area contributed by atoms with E-state index in [0.717, 1.165) is 12.1 Å². The number of carboxylic acids is 1. The number of carbonyl (C=O) groups is 1. The number of rotatable bonds is 3. The van der Waals surface area contributed by atoms with Gasteiger partial charge < -0.3 is 20.7 Å². The Morgan fingerprint density at radius 1 is 1.60 bits per heavy atom. The largest absolute Gasteiger partial charge is 0.508 e. The summed E-state index contributed by atoms with van der Waals surface area (Å²) in [5.41, 5.74) is 4.97. The van der Waals surface area contributed by atoms with Crippen molar-refractivity contribution in [3.8, 4) is 11.5 Å². The highest BCUT2D eigenvalue weighted by Crippen LogP contribution is 2.31. The van der Waals surface area contributed by atoms with Crippen LogP contribution in [0.4, 0.5) is 4.39 Å². The fourth-order valence-corrected chi connectivity index (χ4v) is 1.17. The molecule has 0 amide bonds. The Morgan fingerprint density at radius 2 is 2.20 bits per heavy atom. The van der Waals surface area contributed by atoms with Crippen molar-refractivity contribution < 1.29 is 24.1 Å². The molecule has 1 aromatic carbocycles. The van der Waals surface area contributed by atoms with Gasteiger partial charge in [0.1, 0.15) is 23.4 Å². The number of aromatic hydroxyl groups is 1. The van der Waals surface area contributed by atoms with Gasteiger partial charge in [-0.15, -0.1) is 0 Å². The molecule has 0 fully saturated rings. The van der Waals surface area contributed by atoms with Gasteiger partial charge in [0, 0.05) is 12.1 Å². The first-order chi connectivity index (χ1) is 6.97. The number of phenolic OH excluding ortho intramolecular Hbond substituents is 1. The second-order valence-electron chi connectivity index (χ2n) is 2.86. The molecule has 15 heavy (non-hydrogen) atoms. The Kier molecular flexibility index (Phi) is 3.11. The van der Waals surface area contributed by atoms with Crippen molar-refractivity contribution in [1.82, 2.24) is 0 Å². The Morgan fingerprint density at radius 3 is 2.67 bits per heavy atom. The first kappa shape index (κ1) is 11.3. The van der Waals surface area contributed by atoms with E-state index in [-0.39, 0.29) is 17.1 Å². The Hall–Kier alpha value is -1.82. The summed E-state index contributed by atoms with van der Waals surface area (Å²) in [6, 6.07) is 0.350. The monoisotopic (exact) mass is 215 g/mol. The van der Waals surface area contributed by atoms with E-state index in [9.17, 15) is 9.18 Å². The van der Waals surface area contributed by atoms with Gasteiger partial charge >= 0.3 is 5.97 Å². The van der Waals surface area contributed by atoms with Gasteiger partial charge in [-0.3, -0.25) is 4.79 Å². The third-order valence-electron chi connectivity index (χ3n) is 1.87. The molecule has 0 aliphatic rings. The third kappa shape index (κ3) is 2.16. The van der Waals surface area contributed by atoms with Gasteiger partial charge in [-0.2, -0.15) is 0 Å². The lowest BCUT2D eigenvalue weighted by Crippen LogP contribution is -2.22. The lowest BCUT2D eigenvalue weighted by atomic mass is 10.1. The van der Waals surface area contributed by atoms with Crippen LogP contribution in [0.15, 0.2) is 12.1 Å². The second kappa shape index (κ2) is 4.14. The lowest BCUT2D eigenvalue weighted by Gasteiger charge is -2.13. The number of ether oxygens (including phenoxy) is 1. The summed E-state index contributed by atoms with van der Waals surface area (Å²) >= 11 is 0. The van der Waals surface area contributed by atoms with Crippen molar-refractivity contribution in [3.05, 3.63) is 23.5 Å². The van der Waals surface area contributed by atoms with Crippen LogP contribution in [0.25, 0.3) is 0 Å². The van der Waals surface area contributed by atoms with E-state index in [0.29, 0.717) is 0 Å². The maximum absolute atomic E-state index is 13.3. The first-order valence-corrected chi connectivity index (χ1v) is 4.02. The predicted molar refractivity (Wildman–Crippen MR) is 49.2 cm³/mol. The predicted octanol–water partition coefficient (Wildman–Crippen LogP) is 0.624. The zero-order valence-corrected chi connectivity index (χ0v) is 7.90. The molecule has 1 aromatic rings. The topological polar surface area (TPSA) is 92.8 Å². The van der Waals surface area contributed by atoms with Crippen LogP contribution in [0.1, 0.15) is 11.6 Å². The minimum absolute atomic E-state index is 0.0950. The summed E-state index contributed by atoms with van der Waals surface area (Å²) in [5, 5.41) is 17.7. The van der Waals surface area contributed by atoms with Crippen LogP contribution in [0.2, 0.25) is 0 Å². The van der Waals surface area contributed by atoms with E-state index < -0.39 is 17.8 Å². The maximum Gasteiger partial charge on any atom is 0.325 e. The molecule has 1 unspecified atom stereocenters. The van der Waals surface area contributed by atoms with Gasteiger partial charge in [0.15, 0.2) is 0 Å². The molecule has 0 aliphatic carbocycles. The molecular formula is C9H10FNO4. The van der Waals surface area contributed by atoms with Gasteiger partial charge in [0.2, 0.25) is 0 Å². The maximum atomic E-state index is 13.3. The van der Waals surface area contributed by atoms with E-state index in [4.69, 9.17) is 20.7 Å². The van der Waals surface area contributed by atoms with E-state index in [1.807, 2.05) is 0 Å². The molecule has 0 aromatic heterocycles. The first-order valence-electron chi connectivity index (χ1n) is 4.02. The Balaban J connectivity index is 3.32. The minimum atomic E-state index is -1.53. The number of hydrogen-bond acceptors (Lipinski definition) is 4. The molecule has 0 aliphatic heterocycles. The van der Waals surface area contributed by atoms with E-state index in [1.54, 1.807) is 0 Å². The van der Waals surface area contributed by atoms with Gasteiger partial charge in [0.25, 0.3) is 0 Å². The number of phenols is 1. The summed E-state index contributed by atoms with van der Waals surface area (Å²) in [7, 11) is 1.23. The summed E-state index contributed by atoms with van der Waals surface area (Å²) in [4.78, 5) is 10.6. The minimum Gasteiger partial charge on any atom is -0.508 e. The van der Waals surface area contributed by atoms with Crippen LogP contribution >= 0.6 is 0 Å².